The van der Waals surface area contributed by atoms with Gasteiger partial charge in [0.15, 0.2) is 0 Å². The number of aliphatic hydroxyl groups is 1. The van der Waals surface area contributed by atoms with Crippen molar-refractivity contribution in [2.24, 2.45) is 0 Å². The topological polar surface area (TPSA) is 38.7 Å². The molecule has 0 amide bonds. The molecule has 20 heavy (non-hydrogen) atoms. The van der Waals surface area contributed by atoms with Crippen LogP contribution in [0.2, 0.25) is 0 Å². The molecule has 2 rings (SSSR count). The van der Waals surface area contributed by atoms with Crippen molar-refractivity contribution in [3.05, 3.63) is 59.7 Å². The summed E-state index contributed by atoms with van der Waals surface area (Å²) in [7, 11) is 0. The fourth-order valence-corrected chi connectivity index (χ4v) is 1.70. The van der Waals surface area contributed by atoms with Crippen LogP contribution in [0, 0.1) is 13.8 Å². The highest BCUT2D eigenvalue weighted by Gasteiger charge is 2.06. The van der Waals surface area contributed by atoms with Gasteiger partial charge in [-0.3, -0.25) is 0 Å². The smallest absolute Gasteiger partial charge is 0.122 e. The molecule has 3 heteroatoms. The molecule has 2 aromatic rings. The summed E-state index contributed by atoms with van der Waals surface area (Å²) in [5.74, 6) is 1.51. The highest BCUT2D eigenvalue weighted by molar-refractivity contribution is 5.27. The van der Waals surface area contributed by atoms with E-state index in [2.05, 4.69) is 0 Å². The molecule has 0 atom stereocenters. The zero-order valence-corrected chi connectivity index (χ0v) is 11.9. The lowest BCUT2D eigenvalue weighted by Gasteiger charge is -2.13. The van der Waals surface area contributed by atoms with Gasteiger partial charge in [0.05, 0.1) is 0 Å². The lowest BCUT2D eigenvalue weighted by molar-refractivity contribution is 0.0626. The summed E-state index contributed by atoms with van der Waals surface area (Å²) in [4.78, 5) is 0. The molecule has 0 aliphatic carbocycles. The summed E-state index contributed by atoms with van der Waals surface area (Å²) in [5, 5.41) is 9.83. The van der Waals surface area contributed by atoms with Crippen LogP contribution in [-0.2, 0) is 0 Å². The first-order valence-electron chi connectivity index (χ1n) is 6.70. The van der Waals surface area contributed by atoms with Gasteiger partial charge in [0.2, 0.25) is 0 Å². The Morgan fingerprint density at radius 1 is 0.750 bits per heavy atom. The Bertz CT molecular complexity index is 467. The van der Waals surface area contributed by atoms with E-state index >= 15 is 0 Å². The fraction of sp³-hybridized carbons (Fsp3) is 0.294. The minimum absolute atomic E-state index is 0.217. The van der Waals surface area contributed by atoms with E-state index in [4.69, 9.17) is 9.47 Å². The summed E-state index contributed by atoms with van der Waals surface area (Å²) in [5.41, 5.74) is 2.36. The van der Waals surface area contributed by atoms with Crippen LogP contribution >= 0.6 is 0 Å². The van der Waals surface area contributed by atoms with Crippen molar-refractivity contribution in [1.29, 1.82) is 0 Å². The Balaban J connectivity index is 1.73. The summed E-state index contributed by atoms with van der Waals surface area (Å²) in [6.07, 6.45) is -0.655. The molecular weight excluding hydrogens is 252 g/mol. The number of hydrogen-bond acceptors (Lipinski definition) is 3. The third-order valence-corrected chi connectivity index (χ3v) is 2.93. The third-order valence-electron chi connectivity index (χ3n) is 2.93. The Morgan fingerprint density at radius 3 is 1.45 bits per heavy atom. The average Bonchev–Trinajstić information content (AvgIpc) is 2.46. The van der Waals surface area contributed by atoms with E-state index in [9.17, 15) is 5.11 Å². The van der Waals surface area contributed by atoms with Gasteiger partial charge in [-0.05, 0) is 38.1 Å². The predicted molar refractivity (Wildman–Crippen MR) is 79.4 cm³/mol. The van der Waals surface area contributed by atoms with Crippen molar-refractivity contribution >= 4 is 0 Å². The van der Waals surface area contributed by atoms with Crippen LogP contribution in [0.4, 0.5) is 0 Å². The predicted octanol–water partition coefficient (Wildman–Crippen LogP) is 3.12. The number of hydrogen-bond donors (Lipinski definition) is 1. The van der Waals surface area contributed by atoms with E-state index < -0.39 is 6.10 Å². The highest BCUT2D eigenvalue weighted by Crippen LogP contribution is 2.13. The van der Waals surface area contributed by atoms with Crippen LogP contribution < -0.4 is 9.47 Å². The Kier molecular flexibility index (Phi) is 5.02. The SMILES string of the molecule is Cc1ccc(OCC(O)COc2ccc(C)cc2)cc1. The van der Waals surface area contributed by atoms with Gasteiger partial charge < -0.3 is 14.6 Å². The van der Waals surface area contributed by atoms with E-state index in [1.807, 2.05) is 62.4 Å². The van der Waals surface area contributed by atoms with Gasteiger partial charge in [-0.15, -0.1) is 0 Å². The quantitative estimate of drug-likeness (QED) is 0.878. The zero-order chi connectivity index (χ0) is 14.4. The Labute approximate surface area is 119 Å². The summed E-state index contributed by atoms with van der Waals surface area (Å²) < 4.78 is 11.0. The normalized spacial score (nSPS) is 10.6. The summed E-state index contributed by atoms with van der Waals surface area (Å²) >= 11 is 0. The first kappa shape index (κ1) is 14.4. The molecule has 0 fully saturated rings. The van der Waals surface area contributed by atoms with E-state index in [1.165, 1.54) is 11.1 Å². The van der Waals surface area contributed by atoms with Gasteiger partial charge in [0, 0.05) is 0 Å². The molecule has 2 aromatic carbocycles. The van der Waals surface area contributed by atoms with Crippen LogP contribution in [-0.4, -0.2) is 24.4 Å². The van der Waals surface area contributed by atoms with Gasteiger partial charge >= 0.3 is 0 Å². The van der Waals surface area contributed by atoms with Crippen molar-refractivity contribution in [3.63, 3.8) is 0 Å². The molecule has 0 unspecified atom stereocenters. The van der Waals surface area contributed by atoms with Crippen molar-refractivity contribution in [3.8, 4) is 11.5 Å². The van der Waals surface area contributed by atoms with Crippen LogP contribution in [0.15, 0.2) is 48.5 Å². The van der Waals surface area contributed by atoms with E-state index in [0.29, 0.717) is 0 Å². The molecular formula is C17H20O3. The first-order valence-corrected chi connectivity index (χ1v) is 6.70. The zero-order valence-electron chi connectivity index (χ0n) is 11.9. The minimum Gasteiger partial charge on any atom is -0.491 e. The second kappa shape index (κ2) is 6.96. The summed E-state index contributed by atoms with van der Waals surface area (Å²) in [6, 6.07) is 15.5. The van der Waals surface area contributed by atoms with Crippen LogP contribution in [0.1, 0.15) is 11.1 Å². The van der Waals surface area contributed by atoms with Gasteiger partial charge in [-0.1, -0.05) is 35.4 Å². The second-order valence-electron chi connectivity index (χ2n) is 4.90. The van der Waals surface area contributed by atoms with E-state index in [1.54, 1.807) is 0 Å². The monoisotopic (exact) mass is 272 g/mol. The molecule has 106 valence electrons. The van der Waals surface area contributed by atoms with Gasteiger partial charge in [0.1, 0.15) is 30.8 Å². The molecule has 0 bridgehead atoms. The average molecular weight is 272 g/mol. The molecule has 0 heterocycles. The maximum atomic E-state index is 9.83. The Hall–Kier alpha value is -2.00. The Morgan fingerprint density at radius 2 is 1.10 bits per heavy atom. The number of rotatable bonds is 6. The number of aryl methyl sites for hydroxylation is 2. The molecule has 1 N–H and O–H groups in total. The van der Waals surface area contributed by atoms with Crippen molar-refractivity contribution in [2.45, 2.75) is 20.0 Å². The maximum absolute atomic E-state index is 9.83. The largest absolute Gasteiger partial charge is 0.491 e. The van der Waals surface area contributed by atoms with Crippen molar-refractivity contribution < 1.29 is 14.6 Å². The molecule has 0 aliphatic rings. The lowest BCUT2D eigenvalue weighted by Crippen LogP contribution is -2.25. The standard InChI is InChI=1S/C17H20O3/c1-13-3-7-16(8-4-13)19-11-15(18)12-20-17-9-5-14(2)6-10-17/h3-10,15,18H,11-12H2,1-2H3. The third kappa shape index (κ3) is 4.59. The molecule has 0 radical (unpaired) electrons. The molecule has 0 saturated heterocycles. The summed E-state index contributed by atoms with van der Waals surface area (Å²) in [6.45, 7) is 4.48. The molecule has 0 aliphatic heterocycles. The lowest BCUT2D eigenvalue weighted by atomic mass is 10.2. The second-order valence-corrected chi connectivity index (χ2v) is 4.90. The van der Waals surface area contributed by atoms with Crippen LogP contribution in [0.3, 0.4) is 0 Å². The van der Waals surface area contributed by atoms with E-state index in [0.717, 1.165) is 11.5 Å². The molecule has 0 spiro atoms. The molecule has 0 aromatic heterocycles. The van der Waals surface area contributed by atoms with Gasteiger partial charge in [0.25, 0.3) is 0 Å². The maximum Gasteiger partial charge on any atom is 0.122 e. The van der Waals surface area contributed by atoms with Gasteiger partial charge in [-0.2, -0.15) is 0 Å². The van der Waals surface area contributed by atoms with Crippen LogP contribution in [0.25, 0.3) is 0 Å². The number of ether oxygens (including phenoxy) is 2. The number of benzene rings is 2. The minimum atomic E-state index is -0.655. The van der Waals surface area contributed by atoms with Crippen LogP contribution in [0.5, 0.6) is 11.5 Å². The molecule has 3 nitrogen and oxygen atoms in total. The fourth-order valence-electron chi connectivity index (χ4n) is 1.70. The van der Waals surface area contributed by atoms with Crippen molar-refractivity contribution in [1.82, 2.24) is 0 Å². The highest BCUT2D eigenvalue weighted by atomic mass is 16.5. The first-order chi connectivity index (χ1) is 9.63. The molecule has 0 saturated carbocycles. The van der Waals surface area contributed by atoms with Gasteiger partial charge in [-0.25, -0.2) is 0 Å². The van der Waals surface area contributed by atoms with Crippen molar-refractivity contribution in [2.75, 3.05) is 13.2 Å². The van der Waals surface area contributed by atoms with E-state index in [-0.39, 0.29) is 13.2 Å². The number of aliphatic hydroxyl groups excluding tert-OH is 1.